The lowest BCUT2D eigenvalue weighted by Gasteiger charge is -2.18. The number of esters is 1. The topological polar surface area (TPSA) is 90.0 Å². The van der Waals surface area contributed by atoms with Crippen LogP contribution in [0.25, 0.3) is 0 Å². The SMILES string of the molecule is CCOC(=O)CCS(=O)(=O)C(C)[C@@H]1CN(c2ccc(Br)cc2)C(=O)O1. The molecule has 1 aromatic rings. The third-order valence-corrected chi connectivity index (χ3v) is 6.70. The molecular weight excluding hydrogens is 414 g/mol. The van der Waals surface area contributed by atoms with Gasteiger partial charge >= 0.3 is 12.1 Å². The average Bonchev–Trinajstić information content (AvgIpc) is 2.95. The standard InChI is InChI=1S/C16H20BrNO6S/c1-3-23-15(19)8-9-25(21,22)11(2)14-10-18(16(20)24-14)13-6-4-12(17)5-7-13/h4-7,11,14H,3,8-10H2,1-2H3/t11?,14-/m0/s1. The minimum atomic E-state index is -3.61. The highest BCUT2D eigenvalue weighted by Crippen LogP contribution is 2.26. The van der Waals surface area contributed by atoms with E-state index in [1.165, 1.54) is 11.8 Å². The molecule has 7 nitrogen and oxygen atoms in total. The zero-order valence-electron chi connectivity index (χ0n) is 14.0. The Kier molecular flexibility index (Phi) is 6.45. The van der Waals surface area contributed by atoms with E-state index in [1.54, 1.807) is 31.2 Å². The minimum Gasteiger partial charge on any atom is -0.466 e. The molecule has 0 spiro atoms. The maximum absolute atomic E-state index is 12.4. The summed E-state index contributed by atoms with van der Waals surface area (Å²) in [6.07, 6.45) is -1.58. The molecule has 2 atom stereocenters. The molecule has 1 unspecified atom stereocenters. The fourth-order valence-electron chi connectivity index (χ4n) is 2.44. The summed E-state index contributed by atoms with van der Waals surface area (Å²) in [5.74, 6) is -0.891. The zero-order chi connectivity index (χ0) is 18.6. The van der Waals surface area contributed by atoms with Gasteiger partial charge in [-0.05, 0) is 38.1 Å². The van der Waals surface area contributed by atoms with Gasteiger partial charge < -0.3 is 9.47 Å². The van der Waals surface area contributed by atoms with E-state index in [4.69, 9.17) is 9.47 Å². The van der Waals surface area contributed by atoms with Gasteiger partial charge in [-0.3, -0.25) is 9.69 Å². The molecule has 0 aromatic heterocycles. The first kappa shape index (κ1) is 19.7. The minimum absolute atomic E-state index is 0.139. The van der Waals surface area contributed by atoms with E-state index in [9.17, 15) is 18.0 Å². The number of amides is 1. The molecule has 1 saturated heterocycles. The lowest BCUT2D eigenvalue weighted by Crippen LogP contribution is -2.36. The number of ether oxygens (including phenoxy) is 2. The third-order valence-electron chi connectivity index (χ3n) is 3.96. The largest absolute Gasteiger partial charge is 0.466 e. The Morgan fingerprint density at radius 1 is 1.40 bits per heavy atom. The van der Waals surface area contributed by atoms with E-state index in [-0.39, 0.29) is 25.3 Å². The van der Waals surface area contributed by atoms with Crippen LogP contribution in [0.5, 0.6) is 0 Å². The molecule has 0 bridgehead atoms. The van der Waals surface area contributed by atoms with Gasteiger partial charge in [-0.2, -0.15) is 0 Å². The molecule has 0 N–H and O–H groups in total. The van der Waals surface area contributed by atoms with Crippen LogP contribution in [0.4, 0.5) is 10.5 Å². The monoisotopic (exact) mass is 433 g/mol. The number of hydrogen-bond donors (Lipinski definition) is 0. The quantitative estimate of drug-likeness (QED) is 0.613. The molecule has 25 heavy (non-hydrogen) atoms. The van der Waals surface area contributed by atoms with E-state index < -0.39 is 33.3 Å². The summed E-state index contributed by atoms with van der Waals surface area (Å²) < 4.78 is 35.6. The van der Waals surface area contributed by atoms with Crippen molar-refractivity contribution in [1.29, 1.82) is 0 Å². The Morgan fingerprint density at radius 2 is 2.04 bits per heavy atom. The molecule has 138 valence electrons. The maximum atomic E-state index is 12.4. The van der Waals surface area contributed by atoms with E-state index in [0.717, 1.165) is 4.47 Å². The number of anilines is 1. The summed E-state index contributed by atoms with van der Waals surface area (Å²) >= 11 is 3.32. The van der Waals surface area contributed by atoms with Crippen LogP contribution in [0.3, 0.4) is 0 Å². The third kappa shape index (κ3) is 4.94. The van der Waals surface area contributed by atoms with Gasteiger partial charge in [0.05, 0.1) is 30.6 Å². The van der Waals surface area contributed by atoms with Crippen LogP contribution in [-0.4, -0.2) is 50.7 Å². The Bertz CT molecular complexity index is 733. The van der Waals surface area contributed by atoms with Crippen molar-refractivity contribution in [2.24, 2.45) is 0 Å². The smallest absolute Gasteiger partial charge is 0.414 e. The fourth-order valence-corrected chi connectivity index (χ4v) is 4.13. The van der Waals surface area contributed by atoms with Gasteiger partial charge in [-0.1, -0.05) is 15.9 Å². The molecule has 1 aromatic carbocycles. The van der Waals surface area contributed by atoms with E-state index >= 15 is 0 Å². The second-order valence-corrected chi connectivity index (χ2v) is 9.03. The number of carbonyl (C=O) groups is 2. The number of halogens is 1. The van der Waals surface area contributed by atoms with Gasteiger partial charge in [-0.15, -0.1) is 0 Å². The molecule has 2 rings (SSSR count). The van der Waals surface area contributed by atoms with Crippen molar-refractivity contribution in [1.82, 2.24) is 0 Å². The van der Waals surface area contributed by atoms with Gasteiger partial charge in [0.25, 0.3) is 0 Å². The second-order valence-electron chi connectivity index (χ2n) is 5.64. The Labute approximate surface area is 155 Å². The Balaban J connectivity index is 2.02. The predicted molar refractivity (Wildman–Crippen MR) is 96.3 cm³/mol. The summed E-state index contributed by atoms with van der Waals surface area (Å²) in [5.41, 5.74) is 0.631. The number of nitrogens with zero attached hydrogens (tertiary/aromatic N) is 1. The van der Waals surface area contributed by atoms with Crippen LogP contribution < -0.4 is 4.90 Å². The van der Waals surface area contributed by atoms with Gasteiger partial charge in [0.15, 0.2) is 9.84 Å². The van der Waals surface area contributed by atoms with Crippen molar-refractivity contribution < 1.29 is 27.5 Å². The summed E-state index contributed by atoms with van der Waals surface area (Å²) in [5, 5.41) is -0.911. The molecular formula is C16H20BrNO6S. The lowest BCUT2D eigenvalue weighted by atomic mass is 10.2. The molecule has 9 heteroatoms. The number of sulfone groups is 1. The summed E-state index contributed by atoms with van der Waals surface area (Å²) in [6, 6.07) is 7.06. The first-order chi connectivity index (χ1) is 11.7. The molecule has 0 aliphatic carbocycles. The van der Waals surface area contributed by atoms with Crippen molar-refractivity contribution in [3.63, 3.8) is 0 Å². The predicted octanol–water partition coefficient (Wildman–Crippen LogP) is 2.53. The van der Waals surface area contributed by atoms with Crippen molar-refractivity contribution in [3.05, 3.63) is 28.7 Å². The molecule has 0 saturated carbocycles. The van der Waals surface area contributed by atoms with Crippen LogP contribution in [0, 0.1) is 0 Å². The van der Waals surface area contributed by atoms with Gasteiger partial charge in [0, 0.05) is 10.2 Å². The van der Waals surface area contributed by atoms with Crippen LogP contribution in [0.2, 0.25) is 0 Å². The number of benzene rings is 1. The van der Waals surface area contributed by atoms with Crippen LogP contribution in [0.15, 0.2) is 28.7 Å². The normalized spacial score (nSPS) is 18.8. The van der Waals surface area contributed by atoms with Crippen molar-refractivity contribution in [2.45, 2.75) is 31.6 Å². The number of rotatable bonds is 7. The first-order valence-electron chi connectivity index (χ1n) is 7.85. The van der Waals surface area contributed by atoms with Gasteiger partial charge in [0.2, 0.25) is 0 Å². The highest BCUT2D eigenvalue weighted by atomic mass is 79.9. The molecule has 1 heterocycles. The average molecular weight is 434 g/mol. The second kappa shape index (κ2) is 8.18. The van der Waals surface area contributed by atoms with Crippen LogP contribution in [0.1, 0.15) is 20.3 Å². The zero-order valence-corrected chi connectivity index (χ0v) is 16.4. The molecule has 0 radical (unpaired) electrons. The molecule has 1 aliphatic heterocycles. The van der Waals surface area contributed by atoms with Crippen molar-refractivity contribution >= 4 is 43.5 Å². The summed E-state index contributed by atoms with van der Waals surface area (Å²) in [4.78, 5) is 24.8. The first-order valence-corrected chi connectivity index (χ1v) is 10.4. The Hall–Kier alpha value is -1.61. The van der Waals surface area contributed by atoms with E-state index in [0.29, 0.717) is 5.69 Å². The molecule has 1 aliphatic rings. The van der Waals surface area contributed by atoms with Crippen molar-refractivity contribution in [3.8, 4) is 0 Å². The molecule has 1 fully saturated rings. The van der Waals surface area contributed by atoms with E-state index in [2.05, 4.69) is 15.9 Å². The number of carbonyl (C=O) groups excluding carboxylic acids is 2. The lowest BCUT2D eigenvalue weighted by molar-refractivity contribution is -0.142. The summed E-state index contributed by atoms with van der Waals surface area (Å²) in [6.45, 7) is 3.49. The Morgan fingerprint density at radius 3 is 2.64 bits per heavy atom. The summed E-state index contributed by atoms with van der Waals surface area (Å²) in [7, 11) is -3.61. The number of cyclic esters (lactones) is 1. The van der Waals surface area contributed by atoms with Crippen LogP contribution >= 0.6 is 15.9 Å². The van der Waals surface area contributed by atoms with Gasteiger partial charge in [0.1, 0.15) is 6.10 Å². The maximum Gasteiger partial charge on any atom is 0.414 e. The van der Waals surface area contributed by atoms with E-state index in [1.807, 2.05) is 0 Å². The van der Waals surface area contributed by atoms with Crippen molar-refractivity contribution in [2.75, 3.05) is 23.8 Å². The van der Waals surface area contributed by atoms with Crippen LogP contribution in [-0.2, 0) is 24.1 Å². The highest BCUT2D eigenvalue weighted by Gasteiger charge is 2.40. The molecule has 1 amide bonds. The van der Waals surface area contributed by atoms with Gasteiger partial charge in [-0.25, -0.2) is 13.2 Å². The fraction of sp³-hybridized carbons (Fsp3) is 0.500. The highest BCUT2D eigenvalue weighted by molar-refractivity contribution is 9.10. The number of hydrogen-bond acceptors (Lipinski definition) is 6.